The van der Waals surface area contributed by atoms with Crippen LogP contribution in [0.2, 0.25) is 0 Å². The first kappa shape index (κ1) is 17.3. The van der Waals surface area contributed by atoms with Gasteiger partial charge in [-0.05, 0) is 48.9 Å². The summed E-state index contributed by atoms with van der Waals surface area (Å²) in [7, 11) is 0. The Balaban J connectivity index is 1.64. The quantitative estimate of drug-likeness (QED) is 0.681. The van der Waals surface area contributed by atoms with Gasteiger partial charge >= 0.3 is 0 Å². The van der Waals surface area contributed by atoms with Crippen molar-refractivity contribution in [1.29, 1.82) is 0 Å². The highest BCUT2D eigenvalue weighted by molar-refractivity contribution is 5.31. The molecular formula is C19H31NO2. The molecule has 0 spiro atoms. The Labute approximate surface area is 135 Å². The first-order chi connectivity index (χ1) is 10.6. The van der Waals surface area contributed by atoms with Gasteiger partial charge in [0.1, 0.15) is 5.75 Å². The Morgan fingerprint density at radius 3 is 2.41 bits per heavy atom. The first-order valence-electron chi connectivity index (χ1n) is 8.65. The van der Waals surface area contributed by atoms with Crippen molar-refractivity contribution in [2.24, 2.45) is 0 Å². The molecule has 0 aromatic heterocycles. The third kappa shape index (κ3) is 5.29. The van der Waals surface area contributed by atoms with Gasteiger partial charge < -0.3 is 9.47 Å². The van der Waals surface area contributed by atoms with E-state index in [0.29, 0.717) is 0 Å². The molecular weight excluding hydrogens is 274 g/mol. The zero-order valence-corrected chi connectivity index (χ0v) is 14.4. The lowest BCUT2D eigenvalue weighted by Gasteiger charge is -2.26. The van der Waals surface area contributed by atoms with Gasteiger partial charge in [-0.1, -0.05) is 32.9 Å². The van der Waals surface area contributed by atoms with E-state index >= 15 is 0 Å². The maximum absolute atomic E-state index is 5.85. The topological polar surface area (TPSA) is 21.7 Å². The number of hydrogen-bond acceptors (Lipinski definition) is 3. The predicted octanol–water partition coefficient (Wildman–Crippen LogP) is 3.87. The van der Waals surface area contributed by atoms with Crippen molar-refractivity contribution in [3.63, 3.8) is 0 Å². The molecule has 124 valence electrons. The zero-order chi connectivity index (χ0) is 15.8. The van der Waals surface area contributed by atoms with Gasteiger partial charge in [0.15, 0.2) is 0 Å². The average molecular weight is 305 g/mol. The molecule has 3 heteroatoms. The molecule has 0 amide bonds. The molecule has 22 heavy (non-hydrogen) atoms. The van der Waals surface area contributed by atoms with Crippen LogP contribution in [0.4, 0.5) is 0 Å². The summed E-state index contributed by atoms with van der Waals surface area (Å²) >= 11 is 0. The van der Waals surface area contributed by atoms with Crippen LogP contribution in [0, 0.1) is 0 Å². The summed E-state index contributed by atoms with van der Waals surface area (Å²) in [5.41, 5.74) is 1.63. The summed E-state index contributed by atoms with van der Waals surface area (Å²) in [4.78, 5) is 2.48. The lowest BCUT2D eigenvalue weighted by Crippen LogP contribution is -2.36. The van der Waals surface area contributed by atoms with E-state index in [1.807, 2.05) is 0 Å². The monoisotopic (exact) mass is 305 g/mol. The second-order valence-corrected chi connectivity index (χ2v) is 6.77. The third-order valence-electron chi connectivity index (χ3n) is 4.76. The maximum Gasteiger partial charge on any atom is 0.119 e. The van der Waals surface area contributed by atoms with Gasteiger partial charge in [-0.15, -0.1) is 0 Å². The van der Waals surface area contributed by atoms with E-state index in [-0.39, 0.29) is 5.41 Å². The molecule has 1 saturated heterocycles. The van der Waals surface area contributed by atoms with Gasteiger partial charge in [0.25, 0.3) is 0 Å². The Kier molecular flexibility index (Phi) is 6.71. The Bertz CT molecular complexity index is 422. The second-order valence-electron chi connectivity index (χ2n) is 6.77. The largest absolute Gasteiger partial charge is 0.494 e. The summed E-state index contributed by atoms with van der Waals surface area (Å²) in [6, 6.07) is 8.61. The van der Waals surface area contributed by atoms with E-state index in [9.17, 15) is 0 Å². The molecule has 3 nitrogen and oxygen atoms in total. The normalized spacial score (nSPS) is 16.7. The number of benzene rings is 1. The van der Waals surface area contributed by atoms with E-state index in [0.717, 1.165) is 58.0 Å². The highest BCUT2D eigenvalue weighted by Crippen LogP contribution is 2.28. The fourth-order valence-electron chi connectivity index (χ4n) is 2.66. The lowest BCUT2D eigenvalue weighted by atomic mass is 9.82. The smallest absolute Gasteiger partial charge is 0.119 e. The minimum Gasteiger partial charge on any atom is -0.494 e. The van der Waals surface area contributed by atoms with Gasteiger partial charge in [0, 0.05) is 13.1 Å². The van der Waals surface area contributed by atoms with Crippen LogP contribution in [-0.4, -0.2) is 44.4 Å². The molecule has 1 heterocycles. The van der Waals surface area contributed by atoms with Crippen LogP contribution in [0.1, 0.15) is 45.6 Å². The van der Waals surface area contributed by atoms with Gasteiger partial charge in [-0.2, -0.15) is 0 Å². The van der Waals surface area contributed by atoms with Crippen LogP contribution in [0.25, 0.3) is 0 Å². The van der Waals surface area contributed by atoms with Gasteiger partial charge in [-0.25, -0.2) is 0 Å². The van der Waals surface area contributed by atoms with Crippen LogP contribution in [0.5, 0.6) is 5.75 Å². The molecule has 0 saturated carbocycles. The number of rotatable bonds is 8. The summed E-state index contributed by atoms with van der Waals surface area (Å²) in [5.74, 6) is 0.988. The molecule has 1 fully saturated rings. The highest BCUT2D eigenvalue weighted by atomic mass is 16.5. The van der Waals surface area contributed by atoms with Crippen molar-refractivity contribution in [2.75, 3.05) is 39.5 Å². The standard InChI is InChI=1S/C19H31NO2/c1-4-19(2,3)17-7-9-18(10-8-17)22-14-6-5-11-20-12-15-21-16-13-20/h7-10H,4-6,11-16H2,1-3H3. The third-order valence-corrected chi connectivity index (χ3v) is 4.76. The number of ether oxygens (including phenoxy) is 2. The van der Waals surface area contributed by atoms with Crippen LogP contribution in [0.3, 0.4) is 0 Å². The zero-order valence-electron chi connectivity index (χ0n) is 14.4. The molecule has 1 aliphatic rings. The van der Waals surface area contributed by atoms with Crippen molar-refractivity contribution < 1.29 is 9.47 Å². The number of hydrogen-bond donors (Lipinski definition) is 0. The van der Waals surface area contributed by atoms with Crippen LogP contribution >= 0.6 is 0 Å². The molecule has 0 radical (unpaired) electrons. The van der Waals surface area contributed by atoms with E-state index in [2.05, 4.69) is 49.9 Å². The van der Waals surface area contributed by atoms with Crippen LogP contribution < -0.4 is 4.74 Å². The molecule has 1 aromatic rings. The van der Waals surface area contributed by atoms with E-state index in [1.54, 1.807) is 0 Å². The highest BCUT2D eigenvalue weighted by Gasteiger charge is 2.17. The van der Waals surface area contributed by atoms with Gasteiger partial charge in [-0.3, -0.25) is 4.90 Å². The molecule has 0 N–H and O–H groups in total. The van der Waals surface area contributed by atoms with E-state index in [4.69, 9.17) is 9.47 Å². The Morgan fingerprint density at radius 1 is 1.09 bits per heavy atom. The predicted molar refractivity (Wildman–Crippen MR) is 91.7 cm³/mol. The average Bonchev–Trinajstić information content (AvgIpc) is 2.56. The summed E-state index contributed by atoms with van der Waals surface area (Å²) in [5, 5.41) is 0. The van der Waals surface area contributed by atoms with Crippen molar-refractivity contribution in [2.45, 2.75) is 45.4 Å². The maximum atomic E-state index is 5.85. The molecule has 2 rings (SSSR count). The van der Waals surface area contributed by atoms with Crippen molar-refractivity contribution in [3.05, 3.63) is 29.8 Å². The fourth-order valence-corrected chi connectivity index (χ4v) is 2.66. The number of nitrogens with zero attached hydrogens (tertiary/aromatic N) is 1. The van der Waals surface area contributed by atoms with Gasteiger partial charge in [0.2, 0.25) is 0 Å². The van der Waals surface area contributed by atoms with E-state index in [1.165, 1.54) is 12.0 Å². The van der Waals surface area contributed by atoms with Crippen LogP contribution in [0.15, 0.2) is 24.3 Å². The van der Waals surface area contributed by atoms with Gasteiger partial charge in [0.05, 0.1) is 19.8 Å². The Hall–Kier alpha value is -1.06. The molecule has 0 unspecified atom stereocenters. The van der Waals surface area contributed by atoms with E-state index < -0.39 is 0 Å². The molecule has 0 atom stereocenters. The molecule has 0 aliphatic carbocycles. The van der Waals surface area contributed by atoms with Crippen molar-refractivity contribution in [1.82, 2.24) is 4.90 Å². The number of morpholine rings is 1. The fraction of sp³-hybridized carbons (Fsp3) is 0.684. The minimum atomic E-state index is 0.247. The SMILES string of the molecule is CCC(C)(C)c1ccc(OCCCCN2CCOCC2)cc1. The molecule has 1 aliphatic heterocycles. The molecule has 0 bridgehead atoms. The number of unbranched alkanes of at least 4 members (excludes halogenated alkanes) is 1. The summed E-state index contributed by atoms with van der Waals surface area (Å²) < 4.78 is 11.2. The van der Waals surface area contributed by atoms with Crippen LogP contribution in [-0.2, 0) is 10.2 Å². The van der Waals surface area contributed by atoms with Crippen molar-refractivity contribution in [3.8, 4) is 5.75 Å². The lowest BCUT2D eigenvalue weighted by molar-refractivity contribution is 0.0368. The minimum absolute atomic E-state index is 0.247. The summed E-state index contributed by atoms with van der Waals surface area (Å²) in [6.45, 7) is 12.7. The second kappa shape index (κ2) is 8.54. The molecule has 1 aromatic carbocycles. The van der Waals surface area contributed by atoms with Crippen molar-refractivity contribution >= 4 is 0 Å². The summed E-state index contributed by atoms with van der Waals surface area (Å²) in [6.07, 6.45) is 3.45. The Morgan fingerprint density at radius 2 is 1.77 bits per heavy atom. The first-order valence-corrected chi connectivity index (χ1v) is 8.65.